The van der Waals surface area contributed by atoms with Crippen molar-refractivity contribution in [2.75, 3.05) is 0 Å². The number of hydrogen-bond donors (Lipinski definition) is 1. The molecule has 8 heavy (non-hydrogen) atoms. The number of hydrogen-bond acceptors (Lipinski definition) is 2. The molecule has 0 bridgehead atoms. The Morgan fingerprint density at radius 2 is 1.88 bits per heavy atom. The molecule has 0 fully saturated rings. The molecule has 41 valence electrons. The van der Waals surface area contributed by atoms with Crippen molar-refractivity contribution in [3.63, 3.8) is 0 Å². The molecule has 2 nitrogen and oxygen atoms in total. The average Bonchev–Trinajstić information content (AvgIpc) is 1.38. The summed E-state index contributed by atoms with van der Waals surface area (Å²) in [5.41, 5.74) is 4.87. The quantitative estimate of drug-likeness (QED) is 0.378. The first-order valence-corrected chi connectivity index (χ1v) is 1.40. The van der Waals surface area contributed by atoms with Gasteiger partial charge in [-0.1, -0.05) is 13.0 Å². The van der Waals surface area contributed by atoms with Crippen molar-refractivity contribution >= 4 is 6.29 Å². The van der Waals surface area contributed by atoms with Crippen LogP contribution in [0, 0.1) is 0 Å². The second kappa shape index (κ2) is 16.2. The molecular weight excluding hydrogens is 225 g/mol. The van der Waals surface area contributed by atoms with Crippen molar-refractivity contribution in [3.05, 3.63) is 0 Å². The largest absolute Gasteiger partial charge is 1.00 e. The second-order valence-corrected chi connectivity index (χ2v) is 0.907. The summed E-state index contributed by atoms with van der Waals surface area (Å²) < 4.78 is 0. The van der Waals surface area contributed by atoms with Crippen LogP contribution in [0.25, 0.3) is 0 Å². The minimum Gasteiger partial charge on any atom is -1.00 e. The van der Waals surface area contributed by atoms with Gasteiger partial charge in [0.1, 0.15) is 0 Å². The molecule has 0 aliphatic heterocycles. The third-order valence-corrected chi connectivity index (χ3v) is 0.186. The summed E-state index contributed by atoms with van der Waals surface area (Å²) in [6, 6.07) is -0.421. The Hall–Kier alpha value is 2.41. The maximum atomic E-state index is 9.25. The summed E-state index contributed by atoms with van der Waals surface area (Å²) in [6.45, 7) is 1.58. The molecule has 1 radical (unpaired) electrons. The van der Waals surface area contributed by atoms with Crippen molar-refractivity contribution in [2.45, 2.75) is 13.0 Å². The van der Waals surface area contributed by atoms with Crippen LogP contribution in [0.3, 0.4) is 0 Å². The number of rotatable bonds is 1. The Bertz CT molecular complexity index is 50.8. The summed E-state index contributed by atoms with van der Waals surface area (Å²) in [4.78, 5) is 9.25. The zero-order valence-electron chi connectivity index (χ0n) is 6.15. The van der Waals surface area contributed by atoms with Crippen LogP contribution in [0.4, 0.5) is 0 Å². The van der Waals surface area contributed by atoms with Gasteiger partial charge in [0.25, 0.3) is 0 Å². The van der Waals surface area contributed by atoms with Gasteiger partial charge in [0, 0.05) is 36.5 Å². The van der Waals surface area contributed by atoms with Gasteiger partial charge in [0.15, 0.2) is 0 Å². The molecule has 2 N–H and O–H groups in total. The predicted molar refractivity (Wildman–Crippen MR) is 20.5 cm³/mol. The Balaban J connectivity index is -0.0000000133. The van der Waals surface area contributed by atoms with Gasteiger partial charge in [-0.2, -0.15) is 0 Å². The summed E-state index contributed by atoms with van der Waals surface area (Å²) in [5.74, 6) is 0. The van der Waals surface area contributed by atoms with E-state index < -0.39 is 6.04 Å². The van der Waals surface area contributed by atoms with Gasteiger partial charge in [-0.3, -0.25) is 0 Å². The molecule has 0 rings (SSSR count). The van der Waals surface area contributed by atoms with Crippen molar-refractivity contribution in [3.8, 4) is 0 Å². The van der Waals surface area contributed by atoms with E-state index in [1.54, 1.807) is 13.2 Å². The van der Waals surface area contributed by atoms with Crippen LogP contribution >= 0.6 is 0 Å². The van der Waals surface area contributed by atoms with Gasteiger partial charge in [-0.15, -0.1) is 0 Å². The second-order valence-electron chi connectivity index (χ2n) is 0.907. The van der Waals surface area contributed by atoms with Crippen molar-refractivity contribution in [1.82, 2.24) is 0 Å². The molecule has 0 aromatic carbocycles. The fourth-order valence-electron chi connectivity index (χ4n) is 0. The molecule has 0 saturated carbocycles. The Labute approximate surface area is 117 Å². The molecule has 0 amide bonds. The van der Waals surface area contributed by atoms with E-state index >= 15 is 0 Å². The topological polar surface area (TPSA) is 43.1 Å². The maximum Gasteiger partial charge on any atom is 1.00 e. The van der Waals surface area contributed by atoms with E-state index in [0.717, 1.165) is 0 Å². The van der Waals surface area contributed by atoms with Crippen molar-refractivity contribution in [2.24, 2.45) is 5.73 Å². The van der Waals surface area contributed by atoms with Gasteiger partial charge in [-0.25, -0.2) is 6.29 Å². The van der Waals surface area contributed by atoms with E-state index in [4.69, 9.17) is 5.73 Å². The van der Waals surface area contributed by atoms with Crippen molar-refractivity contribution in [1.29, 1.82) is 0 Å². The van der Waals surface area contributed by atoms with Crippen LogP contribution < -0.4 is 57.1 Å². The minimum atomic E-state index is -0.421. The molecular formula is C3H7KMnNOZn-. The third-order valence-electron chi connectivity index (χ3n) is 0.186. The summed E-state index contributed by atoms with van der Waals surface area (Å²) >= 11 is 0. The van der Waals surface area contributed by atoms with Gasteiger partial charge < -0.3 is 12.0 Å². The zero-order chi connectivity index (χ0) is 4.28. The Morgan fingerprint density at radius 3 is 1.88 bits per heavy atom. The first-order valence-electron chi connectivity index (χ1n) is 1.40. The van der Waals surface area contributed by atoms with Crippen LogP contribution in [0.5, 0.6) is 0 Å². The molecule has 0 saturated heterocycles. The summed E-state index contributed by atoms with van der Waals surface area (Å²) in [5, 5.41) is 0. The van der Waals surface area contributed by atoms with E-state index in [-0.39, 0.29) is 89.4 Å². The Morgan fingerprint density at radius 1 is 1.75 bits per heavy atom. The summed E-state index contributed by atoms with van der Waals surface area (Å²) in [7, 11) is 0. The first kappa shape index (κ1) is 22.4. The summed E-state index contributed by atoms with van der Waals surface area (Å²) in [6.07, 6.45) is 1.56. The van der Waals surface area contributed by atoms with Gasteiger partial charge in [0.2, 0.25) is 0 Å². The average molecular weight is 233 g/mol. The molecule has 0 aliphatic carbocycles. The normalized spacial score (nSPS) is 8.75. The van der Waals surface area contributed by atoms with Crippen molar-refractivity contribution < 1.29 is 94.2 Å². The standard InChI is InChI=1S/C3H6NO.K.Mn.Zn.H/c1-3(4)2-5;;;;/h3H,4H2,1H3;;;;/q-1;+1;;;-1/t3-;;;;/m0..../s1. The van der Waals surface area contributed by atoms with E-state index in [0.29, 0.717) is 0 Å². The smallest absolute Gasteiger partial charge is 1.00 e. The molecule has 0 aliphatic rings. The molecule has 0 unspecified atom stereocenters. The first-order chi connectivity index (χ1) is 2.27. The number of carbonyl (C=O) groups excluding carboxylic acids is 1. The fourth-order valence-corrected chi connectivity index (χ4v) is 0. The maximum absolute atomic E-state index is 9.25. The van der Waals surface area contributed by atoms with Gasteiger partial charge in [0.05, 0.1) is 0 Å². The molecule has 1 atom stereocenters. The van der Waals surface area contributed by atoms with Crippen LogP contribution in [-0.2, 0) is 41.3 Å². The van der Waals surface area contributed by atoms with Gasteiger partial charge >= 0.3 is 51.4 Å². The third kappa shape index (κ3) is 23.7. The van der Waals surface area contributed by atoms with E-state index in [1.807, 2.05) is 0 Å². The minimum absolute atomic E-state index is 0. The molecule has 0 aromatic heterocycles. The molecule has 0 heterocycles. The Kier molecular flexibility index (Phi) is 45.4. The van der Waals surface area contributed by atoms with Gasteiger partial charge in [-0.05, 0) is 0 Å². The van der Waals surface area contributed by atoms with Crippen LogP contribution in [0.15, 0.2) is 0 Å². The van der Waals surface area contributed by atoms with E-state index in [2.05, 4.69) is 0 Å². The van der Waals surface area contributed by atoms with Crippen LogP contribution in [0.1, 0.15) is 8.35 Å². The van der Waals surface area contributed by atoms with E-state index in [9.17, 15) is 4.79 Å². The zero-order valence-corrected chi connectivity index (χ0v) is 12.4. The van der Waals surface area contributed by atoms with E-state index in [1.165, 1.54) is 0 Å². The SMILES string of the molecule is C[C@H](N)[C-]=O.[H-].[K+].[Mn].[Zn]. The molecule has 0 aromatic rings. The predicted octanol–water partition coefficient (Wildman–Crippen LogP) is -3.45. The monoisotopic (exact) mass is 231 g/mol. The van der Waals surface area contributed by atoms with Crippen LogP contribution in [-0.4, -0.2) is 12.3 Å². The molecule has 0 spiro atoms. The molecule has 5 heteroatoms. The fraction of sp³-hybridized carbons (Fsp3) is 0.667. The number of nitrogens with two attached hydrogens (primary N) is 1. The van der Waals surface area contributed by atoms with Crippen LogP contribution in [0.2, 0.25) is 0 Å².